The number of hydrogen-bond acceptors (Lipinski definition) is 3. The van der Waals surface area contributed by atoms with E-state index in [4.69, 9.17) is 4.74 Å². The first kappa shape index (κ1) is 9.43. The van der Waals surface area contributed by atoms with Crippen LogP contribution in [0.5, 0.6) is 0 Å². The maximum absolute atomic E-state index is 9.76. The van der Waals surface area contributed by atoms with Gasteiger partial charge in [0.15, 0.2) is 0 Å². The molecule has 0 aliphatic heterocycles. The van der Waals surface area contributed by atoms with Crippen molar-refractivity contribution >= 4 is 6.47 Å². The molecule has 1 radical (unpaired) electrons. The zero-order valence-electron chi connectivity index (χ0n) is 6.64. The van der Waals surface area contributed by atoms with Crippen molar-refractivity contribution in [3.05, 3.63) is 0 Å². The van der Waals surface area contributed by atoms with Crippen molar-refractivity contribution in [1.82, 2.24) is 0 Å². The summed E-state index contributed by atoms with van der Waals surface area (Å²) in [6.07, 6.45) is 0.908. The molecule has 0 amide bonds. The van der Waals surface area contributed by atoms with E-state index in [0.29, 0.717) is 6.61 Å². The molecule has 0 unspecified atom stereocenters. The summed E-state index contributed by atoms with van der Waals surface area (Å²) in [5.41, 5.74) is 0. The van der Waals surface area contributed by atoms with Crippen LogP contribution in [-0.2, 0) is 14.3 Å². The third-order valence-electron chi connectivity index (χ3n) is 0.941. The van der Waals surface area contributed by atoms with Crippen molar-refractivity contribution in [2.24, 2.45) is 0 Å². The van der Waals surface area contributed by atoms with Gasteiger partial charge < -0.3 is 9.47 Å². The normalized spacial score (nSPS) is 11.1. The molecular formula is C7H13O3. The van der Waals surface area contributed by atoms with Crippen LogP contribution in [0, 0.1) is 0 Å². The molecule has 0 N–H and O–H groups in total. The predicted molar refractivity (Wildman–Crippen MR) is 37.1 cm³/mol. The van der Waals surface area contributed by atoms with Gasteiger partial charge in [-0.25, -0.2) is 4.79 Å². The first-order chi connectivity index (χ1) is 4.62. The van der Waals surface area contributed by atoms with Crippen molar-refractivity contribution in [2.75, 3.05) is 6.61 Å². The average molecular weight is 145 g/mol. The molecule has 0 atom stereocenters. The molecule has 0 saturated heterocycles. The minimum atomic E-state index is -0.822. The second kappa shape index (κ2) is 4.28. The highest BCUT2D eigenvalue weighted by Crippen LogP contribution is 2.09. The van der Waals surface area contributed by atoms with E-state index in [1.54, 1.807) is 13.8 Å². The maximum atomic E-state index is 9.76. The number of rotatable bonds is 5. The zero-order valence-corrected chi connectivity index (χ0v) is 6.64. The van der Waals surface area contributed by atoms with E-state index in [1.165, 1.54) is 6.47 Å². The summed E-state index contributed by atoms with van der Waals surface area (Å²) in [6, 6.07) is 0. The topological polar surface area (TPSA) is 35.5 Å². The molecule has 0 aromatic carbocycles. The van der Waals surface area contributed by atoms with Crippen LogP contribution in [0.1, 0.15) is 27.2 Å². The average Bonchev–Trinajstić information content (AvgIpc) is 1.84. The van der Waals surface area contributed by atoms with Gasteiger partial charge >= 0.3 is 6.47 Å². The van der Waals surface area contributed by atoms with Gasteiger partial charge in [0.25, 0.3) is 0 Å². The van der Waals surface area contributed by atoms with E-state index in [2.05, 4.69) is 4.74 Å². The lowest BCUT2D eigenvalue weighted by atomic mass is 10.4. The predicted octanol–water partition coefficient (Wildman–Crippen LogP) is 1.23. The van der Waals surface area contributed by atoms with Crippen molar-refractivity contribution < 1.29 is 14.3 Å². The molecule has 0 aliphatic carbocycles. The van der Waals surface area contributed by atoms with Crippen LogP contribution < -0.4 is 0 Å². The summed E-state index contributed by atoms with van der Waals surface area (Å²) in [5.74, 6) is -0.822. The summed E-state index contributed by atoms with van der Waals surface area (Å²) in [7, 11) is 0. The quantitative estimate of drug-likeness (QED) is 0.546. The first-order valence-corrected chi connectivity index (χ1v) is 3.31. The van der Waals surface area contributed by atoms with Crippen LogP contribution in [0.3, 0.4) is 0 Å². The first-order valence-electron chi connectivity index (χ1n) is 3.31. The second-order valence-corrected chi connectivity index (χ2v) is 2.43. The SMILES string of the molecule is CCCOC(C)(C)O[C]=O. The lowest BCUT2D eigenvalue weighted by molar-refractivity contribution is -0.164. The largest absolute Gasteiger partial charge is 0.425 e. The molecule has 10 heavy (non-hydrogen) atoms. The van der Waals surface area contributed by atoms with E-state index in [0.717, 1.165) is 6.42 Å². The Morgan fingerprint density at radius 2 is 2.10 bits per heavy atom. The standard InChI is InChI=1S/C7H13O3/c1-4-5-9-7(2,3)10-6-8/h4-5H2,1-3H3. The summed E-state index contributed by atoms with van der Waals surface area (Å²) in [5, 5.41) is 0. The van der Waals surface area contributed by atoms with Crippen LogP contribution in [0.4, 0.5) is 0 Å². The van der Waals surface area contributed by atoms with Crippen molar-refractivity contribution in [3.63, 3.8) is 0 Å². The van der Waals surface area contributed by atoms with E-state index in [9.17, 15) is 4.79 Å². The van der Waals surface area contributed by atoms with Gasteiger partial charge in [-0.15, -0.1) is 0 Å². The van der Waals surface area contributed by atoms with Gasteiger partial charge in [-0.1, -0.05) is 6.92 Å². The number of hydrogen-bond donors (Lipinski definition) is 0. The Bertz CT molecular complexity index is 99.0. The Hall–Kier alpha value is -0.570. The highest BCUT2D eigenvalue weighted by Gasteiger charge is 2.18. The van der Waals surface area contributed by atoms with Gasteiger partial charge in [-0.2, -0.15) is 0 Å². The van der Waals surface area contributed by atoms with Crippen LogP contribution in [0.15, 0.2) is 0 Å². The fraction of sp³-hybridized carbons (Fsp3) is 0.857. The Labute approximate surface area is 61.3 Å². The van der Waals surface area contributed by atoms with Gasteiger partial charge in [0, 0.05) is 13.8 Å². The van der Waals surface area contributed by atoms with E-state index >= 15 is 0 Å². The van der Waals surface area contributed by atoms with Crippen molar-refractivity contribution in [2.45, 2.75) is 33.0 Å². The molecule has 0 rings (SSSR count). The van der Waals surface area contributed by atoms with Gasteiger partial charge in [0.05, 0.1) is 6.61 Å². The second-order valence-electron chi connectivity index (χ2n) is 2.43. The number of carbonyl (C=O) groups excluding carboxylic acids is 1. The fourth-order valence-electron chi connectivity index (χ4n) is 0.478. The fourth-order valence-corrected chi connectivity index (χ4v) is 0.478. The molecule has 0 bridgehead atoms. The number of ether oxygens (including phenoxy) is 2. The highest BCUT2D eigenvalue weighted by molar-refractivity contribution is 5.38. The molecule has 0 saturated carbocycles. The van der Waals surface area contributed by atoms with Gasteiger partial charge in [-0.05, 0) is 6.42 Å². The lowest BCUT2D eigenvalue weighted by Gasteiger charge is -2.21. The summed E-state index contributed by atoms with van der Waals surface area (Å²) in [4.78, 5) is 9.76. The van der Waals surface area contributed by atoms with E-state index in [-0.39, 0.29) is 0 Å². The van der Waals surface area contributed by atoms with Crippen LogP contribution >= 0.6 is 0 Å². The molecule has 3 heteroatoms. The Balaban J connectivity index is 3.51. The highest BCUT2D eigenvalue weighted by atomic mass is 16.7. The van der Waals surface area contributed by atoms with Crippen molar-refractivity contribution in [1.29, 1.82) is 0 Å². The van der Waals surface area contributed by atoms with Crippen LogP contribution in [0.25, 0.3) is 0 Å². The lowest BCUT2D eigenvalue weighted by Crippen LogP contribution is -2.28. The molecule has 0 aliphatic rings. The third-order valence-corrected chi connectivity index (χ3v) is 0.941. The van der Waals surface area contributed by atoms with Gasteiger partial charge in [0.1, 0.15) is 0 Å². The van der Waals surface area contributed by atoms with E-state index < -0.39 is 5.79 Å². The maximum Gasteiger partial charge on any atom is 0.420 e. The zero-order chi connectivity index (χ0) is 8.04. The van der Waals surface area contributed by atoms with Crippen LogP contribution in [0.2, 0.25) is 0 Å². The third kappa shape index (κ3) is 4.32. The molecule has 3 nitrogen and oxygen atoms in total. The minimum Gasteiger partial charge on any atom is -0.425 e. The summed E-state index contributed by atoms with van der Waals surface area (Å²) in [6.45, 7) is 7.27. The van der Waals surface area contributed by atoms with E-state index in [1.807, 2.05) is 6.92 Å². The van der Waals surface area contributed by atoms with Gasteiger partial charge in [0.2, 0.25) is 5.79 Å². The smallest absolute Gasteiger partial charge is 0.420 e. The molecule has 0 fully saturated rings. The summed E-state index contributed by atoms with van der Waals surface area (Å²) >= 11 is 0. The Kier molecular flexibility index (Phi) is 4.03. The van der Waals surface area contributed by atoms with Crippen LogP contribution in [-0.4, -0.2) is 18.9 Å². The molecule has 59 valence electrons. The molecule has 0 aromatic heterocycles. The molecule has 0 aromatic rings. The molecular weight excluding hydrogens is 132 g/mol. The Morgan fingerprint density at radius 1 is 1.50 bits per heavy atom. The van der Waals surface area contributed by atoms with Crippen molar-refractivity contribution in [3.8, 4) is 0 Å². The Morgan fingerprint density at radius 3 is 2.50 bits per heavy atom. The monoisotopic (exact) mass is 145 g/mol. The summed E-state index contributed by atoms with van der Waals surface area (Å²) < 4.78 is 9.64. The minimum absolute atomic E-state index is 0.592. The molecule has 0 heterocycles. The molecule has 0 spiro atoms. The van der Waals surface area contributed by atoms with Gasteiger partial charge in [-0.3, -0.25) is 0 Å².